The summed E-state index contributed by atoms with van der Waals surface area (Å²) in [7, 11) is 0. The van der Waals surface area contributed by atoms with Crippen LogP contribution < -0.4 is 0 Å². The van der Waals surface area contributed by atoms with Crippen molar-refractivity contribution in [1.82, 2.24) is 35.0 Å². The second kappa shape index (κ2) is 8.75. The van der Waals surface area contributed by atoms with Crippen LogP contribution in [0.3, 0.4) is 0 Å². The second-order valence-corrected chi connectivity index (χ2v) is 7.97. The molecule has 0 fully saturated rings. The predicted octanol–water partition coefficient (Wildman–Crippen LogP) is 4.58. The molecule has 4 rings (SSSR count). The average molecular weight is 426 g/mol. The normalized spacial score (nSPS) is 11.1. The zero-order valence-corrected chi connectivity index (χ0v) is 17.7. The SMILES string of the molecule is CCCn1nnnc1CSc1nnc(-c2ccc(Cl)cc2)n1-c1cccc(C)c1. The summed E-state index contributed by atoms with van der Waals surface area (Å²) in [6.07, 6.45) is 0.975. The van der Waals surface area contributed by atoms with Crippen molar-refractivity contribution >= 4 is 23.4 Å². The van der Waals surface area contributed by atoms with Crippen molar-refractivity contribution < 1.29 is 0 Å². The Kier molecular flexibility index (Phi) is 5.92. The van der Waals surface area contributed by atoms with Crippen LogP contribution in [0.5, 0.6) is 0 Å². The summed E-state index contributed by atoms with van der Waals surface area (Å²) in [6, 6.07) is 15.9. The molecule has 2 aromatic heterocycles. The van der Waals surface area contributed by atoms with Crippen molar-refractivity contribution in [3.63, 3.8) is 0 Å². The molecule has 0 N–H and O–H groups in total. The summed E-state index contributed by atoms with van der Waals surface area (Å²) in [5, 5.41) is 22.4. The molecular weight excluding hydrogens is 406 g/mol. The van der Waals surface area contributed by atoms with Crippen LogP contribution in [0.1, 0.15) is 24.7 Å². The molecule has 0 aliphatic heterocycles. The Morgan fingerprint density at radius 3 is 2.62 bits per heavy atom. The standard InChI is InChI=1S/C20H20ClN7S/c1-3-11-27-18(22-25-26-27)13-29-20-24-23-19(15-7-9-16(21)10-8-15)28(20)17-6-4-5-14(2)12-17/h4-10,12H,3,11,13H2,1-2H3. The molecule has 0 atom stereocenters. The zero-order chi connectivity index (χ0) is 20.2. The summed E-state index contributed by atoms with van der Waals surface area (Å²) in [6.45, 7) is 4.97. The summed E-state index contributed by atoms with van der Waals surface area (Å²) >= 11 is 7.63. The lowest BCUT2D eigenvalue weighted by Crippen LogP contribution is -2.05. The van der Waals surface area contributed by atoms with E-state index < -0.39 is 0 Å². The number of hydrogen-bond donors (Lipinski definition) is 0. The molecule has 148 valence electrons. The van der Waals surface area contributed by atoms with E-state index in [1.807, 2.05) is 35.0 Å². The lowest BCUT2D eigenvalue weighted by atomic mass is 10.2. The fourth-order valence-corrected chi connectivity index (χ4v) is 4.00. The van der Waals surface area contributed by atoms with Crippen LogP contribution >= 0.6 is 23.4 Å². The number of aromatic nitrogens is 7. The lowest BCUT2D eigenvalue weighted by Gasteiger charge is -2.11. The maximum Gasteiger partial charge on any atom is 0.196 e. The molecule has 0 spiro atoms. The van der Waals surface area contributed by atoms with Gasteiger partial charge in [0.15, 0.2) is 16.8 Å². The Hall–Kier alpha value is -2.71. The number of nitrogens with zero attached hydrogens (tertiary/aromatic N) is 7. The molecule has 0 unspecified atom stereocenters. The molecule has 4 aromatic rings. The maximum atomic E-state index is 6.06. The van der Waals surface area contributed by atoms with E-state index in [2.05, 4.69) is 62.3 Å². The maximum absolute atomic E-state index is 6.06. The van der Waals surface area contributed by atoms with Crippen LogP contribution in [0.25, 0.3) is 17.1 Å². The second-order valence-electron chi connectivity index (χ2n) is 6.59. The van der Waals surface area contributed by atoms with Crippen molar-refractivity contribution in [2.75, 3.05) is 0 Å². The molecule has 29 heavy (non-hydrogen) atoms. The topological polar surface area (TPSA) is 74.3 Å². The number of rotatable bonds is 7. The molecule has 7 nitrogen and oxygen atoms in total. The molecule has 0 amide bonds. The summed E-state index contributed by atoms with van der Waals surface area (Å²) in [4.78, 5) is 0. The molecule has 0 aliphatic carbocycles. The molecule has 0 saturated heterocycles. The van der Waals surface area contributed by atoms with E-state index in [9.17, 15) is 0 Å². The predicted molar refractivity (Wildman–Crippen MR) is 114 cm³/mol. The van der Waals surface area contributed by atoms with E-state index in [4.69, 9.17) is 11.6 Å². The van der Waals surface area contributed by atoms with E-state index in [0.717, 1.165) is 41.0 Å². The zero-order valence-electron chi connectivity index (χ0n) is 16.2. The minimum Gasteiger partial charge on any atom is -0.270 e. The Morgan fingerprint density at radius 1 is 1.03 bits per heavy atom. The van der Waals surface area contributed by atoms with Gasteiger partial charge in [-0.25, -0.2) is 4.68 Å². The van der Waals surface area contributed by atoms with Crippen molar-refractivity contribution in [1.29, 1.82) is 0 Å². The Labute approximate surface area is 178 Å². The van der Waals surface area contributed by atoms with Gasteiger partial charge in [-0.15, -0.1) is 15.3 Å². The summed E-state index contributed by atoms with van der Waals surface area (Å²) < 4.78 is 3.90. The Balaban J connectivity index is 1.72. The van der Waals surface area contributed by atoms with E-state index in [0.29, 0.717) is 10.8 Å². The third-order valence-corrected chi connectivity index (χ3v) is 5.54. The van der Waals surface area contributed by atoms with Crippen molar-refractivity contribution in [3.8, 4) is 17.1 Å². The lowest BCUT2D eigenvalue weighted by molar-refractivity contribution is 0.564. The number of halogens is 1. The minimum absolute atomic E-state index is 0.609. The highest BCUT2D eigenvalue weighted by Crippen LogP contribution is 2.30. The van der Waals surface area contributed by atoms with Gasteiger partial charge in [0, 0.05) is 22.8 Å². The van der Waals surface area contributed by atoms with Gasteiger partial charge in [-0.3, -0.25) is 4.57 Å². The van der Waals surface area contributed by atoms with Gasteiger partial charge in [0.2, 0.25) is 0 Å². The first-order valence-electron chi connectivity index (χ1n) is 9.32. The highest BCUT2D eigenvalue weighted by molar-refractivity contribution is 7.98. The van der Waals surface area contributed by atoms with Gasteiger partial charge in [0.05, 0.1) is 5.75 Å². The van der Waals surface area contributed by atoms with Crippen molar-refractivity contribution in [2.24, 2.45) is 0 Å². The largest absolute Gasteiger partial charge is 0.270 e. The van der Waals surface area contributed by atoms with Crippen molar-refractivity contribution in [3.05, 3.63) is 64.9 Å². The minimum atomic E-state index is 0.609. The fourth-order valence-electron chi connectivity index (χ4n) is 2.99. The first-order chi connectivity index (χ1) is 14.2. The van der Waals surface area contributed by atoms with E-state index in [-0.39, 0.29) is 0 Å². The van der Waals surface area contributed by atoms with Crippen LogP contribution in [-0.2, 0) is 12.3 Å². The molecule has 0 aliphatic rings. The average Bonchev–Trinajstić information content (AvgIpc) is 3.34. The number of thioether (sulfide) groups is 1. The van der Waals surface area contributed by atoms with E-state index in [1.165, 1.54) is 5.56 Å². The first kappa shape index (κ1) is 19.6. The third kappa shape index (κ3) is 4.33. The molecule has 2 heterocycles. The number of aryl methyl sites for hydroxylation is 2. The van der Waals surface area contributed by atoms with E-state index in [1.54, 1.807) is 11.8 Å². The summed E-state index contributed by atoms with van der Waals surface area (Å²) in [5.41, 5.74) is 3.13. The first-order valence-corrected chi connectivity index (χ1v) is 10.7. The van der Waals surface area contributed by atoms with Gasteiger partial charge in [-0.05, 0) is 65.7 Å². The number of hydrogen-bond acceptors (Lipinski definition) is 6. The van der Waals surface area contributed by atoms with Gasteiger partial charge < -0.3 is 0 Å². The molecule has 0 radical (unpaired) electrons. The van der Waals surface area contributed by atoms with E-state index >= 15 is 0 Å². The van der Waals surface area contributed by atoms with Crippen LogP contribution in [0.2, 0.25) is 5.02 Å². The molecule has 0 saturated carbocycles. The molecule has 9 heteroatoms. The van der Waals surface area contributed by atoms with Gasteiger partial charge in [-0.2, -0.15) is 0 Å². The summed E-state index contributed by atoms with van der Waals surface area (Å²) in [5.74, 6) is 2.20. The van der Waals surface area contributed by atoms with Crippen molar-refractivity contribution in [2.45, 2.75) is 37.7 Å². The van der Waals surface area contributed by atoms with Gasteiger partial charge >= 0.3 is 0 Å². The number of benzene rings is 2. The smallest absolute Gasteiger partial charge is 0.196 e. The Bertz CT molecular complexity index is 1100. The molecular formula is C20H20ClN7S. The van der Waals surface area contributed by atoms with Crippen LogP contribution in [0.15, 0.2) is 53.7 Å². The van der Waals surface area contributed by atoms with Crippen LogP contribution in [0, 0.1) is 6.92 Å². The molecule has 0 bridgehead atoms. The third-order valence-electron chi connectivity index (χ3n) is 4.37. The van der Waals surface area contributed by atoms with Gasteiger partial charge in [0.1, 0.15) is 0 Å². The monoisotopic (exact) mass is 425 g/mol. The highest BCUT2D eigenvalue weighted by Gasteiger charge is 2.17. The number of tetrazole rings is 1. The van der Waals surface area contributed by atoms with Gasteiger partial charge in [-0.1, -0.05) is 42.4 Å². The van der Waals surface area contributed by atoms with Crippen LogP contribution in [-0.4, -0.2) is 35.0 Å². The highest BCUT2D eigenvalue weighted by atomic mass is 35.5. The Morgan fingerprint density at radius 2 is 1.86 bits per heavy atom. The van der Waals surface area contributed by atoms with Gasteiger partial charge in [0.25, 0.3) is 0 Å². The quantitative estimate of drug-likeness (QED) is 0.403. The molecule has 2 aromatic carbocycles. The van der Waals surface area contributed by atoms with Crippen LogP contribution in [0.4, 0.5) is 0 Å². The fraction of sp³-hybridized carbons (Fsp3) is 0.250.